The molecule has 0 aromatic heterocycles. The molecular weight excluding hydrogens is 758 g/mol. The van der Waals surface area contributed by atoms with Crippen LogP contribution in [0.4, 0.5) is 0 Å². The van der Waals surface area contributed by atoms with Crippen molar-refractivity contribution in [3.8, 4) is 5.75 Å². The molecule has 2 aliphatic rings. The Balaban J connectivity index is 1.56. The van der Waals surface area contributed by atoms with Gasteiger partial charge in [0.25, 0.3) is 5.17 Å². The van der Waals surface area contributed by atoms with Gasteiger partial charge < -0.3 is 38.3 Å². The number of methoxy groups -OCH3 is 1. The summed E-state index contributed by atoms with van der Waals surface area (Å²) in [5, 5.41) is 13.8. The van der Waals surface area contributed by atoms with E-state index in [1.807, 2.05) is 90.7 Å². The predicted octanol–water partition coefficient (Wildman–Crippen LogP) is 5.93. The predicted molar refractivity (Wildman–Crippen MR) is 221 cm³/mol. The van der Waals surface area contributed by atoms with Crippen LogP contribution in [0, 0.1) is 0 Å². The summed E-state index contributed by atoms with van der Waals surface area (Å²) in [7, 11) is -0.680. The zero-order chi connectivity index (χ0) is 39.5. The summed E-state index contributed by atoms with van der Waals surface area (Å²) in [5.74, 6) is 1.79. The van der Waals surface area contributed by atoms with E-state index in [1.54, 1.807) is 7.11 Å². The van der Waals surface area contributed by atoms with E-state index in [1.165, 1.54) is 0 Å². The molecule has 0 aliphatic carbocycles. The topological polar surface area (TPSA) is 119 Å². The second-order valence-electron chi connectivity index (χ2n) is 14.3. The number of ether oxygens (including phenoxy) is 4. The molecule has 55 heavy (non-hydrogen) atoms. The maximum atomic E-state index is 12.1. The lowest BCUT2D eigenvalue weighted by molar-refractivity contribution is -0.107. The molecule has 0 saturated carbocycles. The number of thiocarbonyl (C=S) groups is 1. The third-order valence-electron chi connectivity index (χ3n) is 9.90. The zero-order valence-corrected chi connectivity index (χ0v) is 35.2. The molecular formula is C41H56N3O8PS2. The minimum absolute atomic E-state index is 0.0823. The van der Waals surface area contributed by atoms with Crippen molar-refractivity contribution >= 4 is 42.9 Å². The summed E-state index contributed by atoms with van der Waals surface area (Å²) in [4.78, 5) is 13.4. The van der Waals surface area contributed by atoms with Crippen molar-refractivity contribution in [1.29, 1.82) is 0 Å². The monoisotopic (exact) mass is 813 g/mol. The Morgan fingerprint density at radius 2 is 1.60 bits per heavy atom. The Bertz CT molecular complexity index is 1620. The second kappa shape index (κ2) is 20.5. The average molecular weight is 814 g/mol. The number of aldehydes is 1. The van der Waals surface area contributed by atoms with Crippen LogP contribution in [0.5, 0.6) is 5.75 Å². The van der Waals surface area contributed by atoms with Crippen molar-refractivity contribution in [3.63, 3.8) is 0 Å². The standard InChI is InChI=1S/C41H56N3O8PS2/c1-29(2)44(30(3)4)53(42-21-10-24-45)52-39-37(50-31(5)38(39)51-40(54)43-22-25-55(47)26-23-43)28-49-41(33-11-8-7-9-12-33,34-15-13-32(27-46)14-16-34)35-17-19-36(48-6)20-18-35/h7-9,11-20,24,29-31,37-39,42,46H,10,21-23,25-28H2,1-6H3/t31-,37+,38+,39?,41?,53?/m0/s1. The van der Waals surface area contributed by atoms with Crippen LogP contribution in [0.3, 0.4) is 0 Å². The first-order chi connectivity index (χ1) is 26.5. The van der Waals surface area contributed by atoms with E-state index in [0.29, 0.717) is 48.5 Å². The van der Waals surface area contributed by atoms with Crippen LogP contribution in [0.25, 0.3) is 0 Å². The van der Waals surface area contributed by atoms with Gasteiger partial charge in [-0.15, -0.1) is 0 Å². The Morgan fingerprint density at radius 3 is 2.16 bits per heavy atom. The maximum absolute atomic E-state index is 12.1. The van der Waals surface area contributed by atoms with Gasteiger partial charge in [0.15, 0.2) is 14.6 Å². The summed E-state index contributed by atoms with van der Waals surface area (Å²) in [6.07, 6.45) is -1.02. The molecule has 11 nitrogen and oxygen atoms in total. The number of hydrogen-bond donors (Lipinski definition) is 2. The fourth-order valence-corrected chi connectivity index (χ4v) is 10.5. The SMILES string of the molecule is COc1ccc(C(OC[C@H]2O[C@@H](C)[C@@H](OC(=S)N3CCS(=O)CC3)C2OP(NCCC=O)N(C(C)C)C(C)C)(c2ccccc2)c2ccc(CO)cc2)cc1. The lowest BCUT2D eigenvalue weighted by Gasteiger charge is -2.40. The van der Waals surface area contributed by atoms with Gasteiger partial charge in [0.05, 0.1) is 26.4 Å². The van der Waals surface area contributed by atoms with E-state index in [-0.39, 0.29) is 25.3 Å². The van der Waals surface area contributed by atoms with E-state index >= 15 is 0 Å². The van der Waals surface area contributed by atoms with Gasteiger partial charge in [-0.1, -0.05) is 66.7 Å². The number of rotatable bonds is 18. The fourth-order valence-electron chi connectivity index (χ4n) is 7.17. The highest BCUT2D eigenvalue weighted by atomic mass is 32.2. The molecule has 0 amide bonds. The number of carbonyl (C=O) groups is 1. The van der Waals surface area contributed by atoms with Gasteiger partial charge in [0.2, 0.25) is 0 Å². The molecule has 3 aromatic rings. The molecule has 2 saturated heterocycles. The third kappa shape index (κ3) is 10.6. The average Bonchev–Trinajstić information content (AvgIpc) is 3.48. The molecule has 0 radical (unpaired) electrons. The number of aliphatic hydroxyl groups excluding tert-OH is 1. The number of carbonyl (C=O) groups excluding carboxylic acids is 1. The van der Waals surface area contributed by atoms with E-state index in [9.17, 15) is 14.1 Å². The molecule has 3 aromatic carbocycles. The minimum atomic E-state index is -1.45. The summed E-state index contributed by atoms with van der Waals surface area (Å²) < 4.78 is 47.8. The van der Waals surface area contributed by atoms with Gasteiger partial charge >= 0.3 is 0 Å². The van der Waals surface area contributed by atoms with Gasteiger partial charge in [0, 0.05) is 60.4 Å². The third-order valence-corrected chi connectivity index (χ3v) is 13.8. The van der Waals surface area contributed by atoms with E-state index < -0.39 is 49.3 Å². The van der Waals surface area contributed by atoms with Crippen molar-refractivity contribution in [2.75, 3.05) is 44.9 Å². The number of nitrogens with zero attached hydrogens (tertiary/aromatic N) is 2. The van der Waals surface area contributed by atoms with Crippen LogP contribution in [0.1, 0.15) is 63.3 Å². The van der Waals surface area contributed by atoms with Crippen LogP contribution in [-0.2, 0) is 46.5 Å². The number of benzene rings is 3. The van der Waals surface area contributed by atoms with E-state index in [4.69, 9.17) is 35.7 Å². The Hall–Kier alpha value is -2.84. The summed E-state index contributed by atoms with van der Waals surface area (Å²) in [6.45, 7) is 12.0. The quantitative estimate of drug-likeness (QED) is 0.0522. The summed E-state index contributed by atoms with van der Waals surface area (Å²) >= 11 is 5.86. The van der Waals surface area contributed by atoms with Crippen molar-refractivity contribution in [3.05, 3.63) is 101 Å². The highest BCUT2D eigenvalue weighted by molar-refractivity contribution is 7.85. The Labute approximate surface area is 335 Å². The largest absolute Gasteiger partial charge is 0.497 e. The zero-order valence-electron chi connectivity index (χ0n) is 32.7. The summed E-state index contributed by atoms with van der Waals surface area (Å²) in [5.41, 5.74) is 2.32. The first kappa shape index (κ1) is 43.3. The summed E-state index contributed by atoms with van der Waals surface area (Å²) in [6, 6.07) is 26.0. The van der Waals surface area contributed by atoms with Crippen LogP contribution < -0.4 is 9.82 Å². The first-order valence-corrected chi connectivity index (χ1v) is 22.1. The molecule has 0 bridgehead atoms. The van der Waals surface area contributed by atoms with Crippen LogP contribution in [0.2, 0.25) is 0 Å². The lowest BCUT2D eigenvalue weighted by atomic mass is 9.79. The van der Waals surface area contributed by atoms with Crippen molar-refractivity contribution in [1.82, 2.24) is 14.7 Å². The fraction of sp³-hybridized carbons (Fsp3) is 0.512. The van der Waals surface area contributed by atoms with E-state index in [2.05, 4.69) is 37.5 Å². The highest BCUT2D eigenvalue weighted by Gasteiger charge is 2.50. The van der Waals surface area contributed by atoms with Crippen molar-refractivity contribution < 1.29 is 37.6 Å². The Morgan fingerprint density at radius 1 is 1.00 bits per heavy atom. The number of nitrogens with one attached hydrogen (secondary N) is 1. The molecule has 14 heteroatoms. The second-order valence-corrected chi connectivity index (χ2v) is 17.9. The highest BCUT2D eigenvalue weighted by Crippen LogP contribution is 2.47. The van der Waals surface area contributed by atoms with Gasteiger partial charge in [-0.2, -0.15) is 0 Å². The number of aliphatic hydroxyl groups is 1. The minimum Gasteiger partial charge on any atom is -0.497 e. The van der Waals surface area contributed by atoms with Crippen molar-refractivity contribution in [2.45, 2.75) is 89.7 Å². The molecule has 300 valence electrons. The first-order valence-electron chi connectivity index (χ1n) is 18.9. The van der Waals surface area contributed by atoms with Gasteiger partial charge in [-0.25, -0.2) is 4.67 Å². The molecule has 6 atom stereocenters. The van der Waals surface area contributed by atoms with Gasteiger partial charge in [-0.3, -0.25) is 9.30 Å². The maximum Gasteiger partial charge on any atom is 0.259 e. The van der Waals surface area contributed by atoms with Crippen LogP contribution in [0.15, 0.2) is 78.9 Å². The molecule has 3 unspecified atom stereocenters. The van der Waals surface area contributed by atoms with Crippen LogP contribution in [-0.4, -0.2) is 112 Å². The molecule has 2 fully saturated rings. The lowest BCUT2D eigenvalue weighted by Crippen LogP contribution is -2.48. The normalized spacial score (nSPS) is 22.2. The molecule has 0 spiro atoms. The Kier molecular flexibility index (Phi) is 16.2. The molecule has 2 N–H and O–H groups in total. The van der Waals surface area contributed by atoms with E-state index in [0.717, 1.165) is 28.5 Å². The van der Waals surface area contributed by atoms with Crippen molar-refractivity contribution in [2.24, 2.45) is 0 Å². The number of hydrogen-bond acceptors (Lipinski definition) is 11. The van der Waals surface area contributed by atoms with Gasteiger partial charge in [-0.05, 0) is 81.2 Å². The van der Waals surface area contributed by atoms with Crippen LogP contribution >= 0.6 is 20.7 Å². The smallest absolute Gasteiger partial charge is 0.259 e. The molecule has 2 aliphatic heterocycles. The molecule has 2 heterocycles. The molecule has 5 rings (SSSR count). The van der Waals surface area contributed by atoms with Gasteiger partial charge in [0.1, 0.15) is 29.8 Å².